The van der Waals surface area contributed by atoms with Gasteiger partial charge in [-0.1, -0.05) is 18.2 Å². The van der Waals surface area contributed by atoms with Gasteiger partial charge in [0.25, 0.3) is 0 Å². The van der Waals surface area contributed by atoms with Gasteiger partial charge in [-0.2, -0.15) is 0 Å². The molecule has 7 heteroatoms. The van der Waals surface area contributed by atoms with Gasteiger partial charge in [0, 0.05) is 38.2 Å². The van der Waals surface area contributed by atoms with E-state index in [0.29, 0.717) is 50.7 Å². The van der Waals surface area contributed by atoms with E-state index < -0.39 is 12.0 Å². The molecule has 130 valence electrons. The SMILES string of the molecule is CCOC(=O)N1CCN(C(C(=O)O)c2cccc3c2OCC3)CC1. The molecule has 2 aliphatic rings. The molecule has 1 N–H and O–H groups in total. The molecule has 0 radical (unpaired) electrons. The maximum Gasteiger partial charge on any atom is 0.409 e. The zero-order valence-electron chi connectivity index (χ0n) is 13.7. The number of fused-ring (bicyclic) bond motifs is 1. The van der Waals surface area contributed by atoms with Gasteiger partial charge in [0.2, 0.25) is 0 Å². The van der Waals surface area contributed by atoms with Gasteiger partial charge in [0.05, 0.1) is 13.2 Å². The van der Waals surface area contributed by atoms with E-state index in [1.165, 1.54) is 0 Å². The highest BCUT2D eigenvalue weighted by Gasteiger charge is 2.35. The molecule has 0 saturated carbocycles. The summed E-state index contributed by atoms with van der Waals surface area (Å²) in [6.45, 7) is 4.58. The van der Waals surface area contributed by atoms with Crippen LogP contribution in [0.25, 0.3) is 0 Å². The molecule has 0 bridgehead atoms. The summed E-state index contributed by atoms with van der Waals surface area (Å²) >= 11 is 0. The molecule has 1 atom stereocenters. The number of carboxylic acid groups (broad SMARTS) is 1. The molecule has 2 heterocycles. The molecule has 1 aromatic carbocycles. The van der Waals surface area contributed by atoms with E-state index in [2.05, 4.69) is 0 Å². The summed E-state index contributed by atoms with van der Waals surface area (Å²) in [5.74, 6) is -0.193. The van der Waals surface area contributed by atoms with Crippen LogP contribution in [0.5, 0.6) is 5.75 Å². The molecule has 0 aromatic heterocycles. The lowest BCUT2D eigenvalue weighted by Crippen LogP contribution is -2.51. The van der Waals surface area contributed by atoms with Gasteiger partial charge in [-0.3, -0.25) is 9.69 Å². The summed E-state index contributed by atoms with van der Waals surface area (Å²) in [7, 11) is 0. The number of nitrogens with zero attached hydrogens (tertiary/aromatic N) is 2. The van der Waals surface area contributed by atoms with E-state index >= 15 is 0 Å². The third kappa shape index (κ3) is 3.17. The van der Waals surface area contributed by atoms with E-state index in [-0.39, 0.29) is 6.09 Å². The van der Waals surface area contributed by atoms with E-state index in [1.54, 1.807) is 11.8 Å². The highest BCUT2D eigenvalue weighted by molar-refractivity contribution is 5.77. The molecular formula is C17H22N2O5. The maximum atomic E-state index is 11.9. The average molecular weight is 334 g/mol. The van der Waals surface area contributed by atoms with Crippen molar-refractivity contribution in [3.05, 3.63) is 29.3 Å². The van der Waals surface area contributed by atoms with Crippen LogP contribution in [-0.2, 0) is 16.0 Å². The van der Waals surface area contributed by atoms with Crippen LogP contribution in [-0.4, -0.2) is 66.4 Å². The Morgan fingerprint density at radius 2 is 2.04 bits per heavy atom. The second-order valence-corrected chi connectivity index (χ2v) is 5.90. The third-order valence-corrected chi connectivity index (χ3v) is 4.48. The van der Waals surface area contributed by atoms with Crippen LogP contribution in [0.3, 0.4) is 0 Å². The number of amides is 1. The van der Waals surface area contributed by atoms with Gasteiger partial charge >= 0.3 is 12.1 Å². The summed E-state index contributed by atoms with van der Waals surface area (Å²) in [6, 6.07) is 4.92. The van der Waals surface area contributed by atoms with Crippen molar-refractivity contribution in [3.63, 3.8) is 0 Å². The Balaban J connectivity index is 1.76. The Morgan fingerprint density at radius 3 is 2.71 bits per heavy atom. The number of rotatable bonds is 4. The topological polar surface area (TPSA) is 79.3 Å². The molecule has 1 saturated heterocycles. The van der Waals surface area contributed by atoms with Crippen LogP contribution in [0.1, 0.15) is 24.1 Å². The number of carbonyl (C=O) groups excluding carboxylic acids is 1. The fourth-order valence-corrected chi connectivity index (χ4v) is 3.32. The zero-order chi connectivity index (χ0) is 17.1. The molecule has 24 heavy (non-hydrogen) atoms. The molecule has 1 unspecified atom stereocenters. The minimum absolute atomic E-state index is 0.338. The number of ether oxygens (including phenoxy) is 2. The van der Waals surface area contributed by atoms with Gasteiger partial charge in [-0.25, -0.2) is 4.79 Å². The first kappa shape index (κ1) is 16.6. The molecule has 3 rings (SSSR count). The van der Waals surface area contributed by atoms with E-state index in [9.17, 15) is 14.7 Å². The van der Waals surface area contributed by atoms with E-state index in [1.807, 2.05) is 23.1 Å². The predicted molar refractivity (Wildman–Crippen MR) is 86.2 cm³/mol. The fraction of sp³-hybridized carbons (Fsp3) is 0.529. The highest BCUT2D eigenvalue weighted by atomic mass is 16.6. The Labute approximate surface area is 140 Å². The van der Waals surface area contributed by atoms with Crippen molar-refractivity contribution >= 4 is 12.1 Å². The number of benzene rings is 1. The number of piperazine rings is 1. The summed E-state index contributed by atoms with van der Waals surface area (Å²) in [4.78, 5) is 27.2. The Hall–Kier alpha value is -2.28. The summed E-state index contributed by atoms with van der Waals surface area (Å²) in [6.07, 6.45) is 0.472. The second-order valence-electron chi connectivity index (χ2n) is 5.90. The van der Waals surface area contributed by atoms with E-state index in [4.69, 9.17) is 9.47 Å². The molecule has 1 aromatic rings. The van der Waals surface area contributed by atoms with Crippen molar-refractivity contribution in [2.75, 3.05) is 39.4 Å². The maximum absolute atomic E-state index is 11.9. The smallest absolute Gasteiger partial charge is 0.409 e. The minimum atomic E-state index is -0.900. The van der Waals surface area contributed by atoms with Gasteiger partial charge in [-0.05, 0) is 12.5 Å². The van der Waals surface area contributed by atoms with Crippen molar-refractivity contribution in [2.24, 2.45) is 0 Å². The Morgan fingerprint density at radius 1 is 1.29 bits per heavy atom. The van der Waals surface area contributed by atoms with Crippen LogP contribution >= 0.6 is 0 Å². The average Bonchev–Trinajstić information content (AvgIpc) is 3.05. The second kappa shape index (κ2) is 7.09. The molecule has 7 nitrogen and oxygen atoms in total. The first-order chi connectivity index (χ1) is 11.6. The molecular weight excluding hydrogens is 312 g/mol. The molecule has 2 aliphatic heterocycles. The quantitative estimate of drug-likeness (QED) is 0.899. The van der Waals surface area contributed by atoms with Crippen molar-refractivity contribution < 1.29 is 24.2 Å². The molecule has 1 fully saturated rings. The van der Waals surface area contributed by atoms with Gasteiger partial charge in [0.1, 0.15) is 11.8 Å². The number of aliphatic carboxylic acids is 1. The zero-order valence-corrected chi connectivity index (χ0v) is 13.7. The first-order valence-electron chi connectivity index (χ1n) is 8.25. The lowest BCUT2D eigenvalue weighted by molar-refractivity contribution is -0.144. The summed E-state index contributed by atoms with van der Waals surface area (Å²) in [5.41, 5.74) is 1.76. The minimum Gasteiger partial charge on any atom is -0.493 e. The number of hydrogen-bond donors (Lipinski definition) is 1. The van der Waals surface area contributed by atoms with Gasteiger partial charge < -0.3 is 19.5 Å². The van der Waals surface area contributed by atoms with Crippen LogP contribution < -0.4 is 4.74 Å². The fourth-order valence-electron chi connectivity index (χ4n) is 3.32. The molecule has 1 amide bonds. The van der Waals surface area contributed by atoms with Crippen molar-refractivity contribution in [3.8, 4) is 5.75 Å². The Kier molecular flexibility index (Phi) is 4.89. The monoisotopic (exact) mass is 334 g/mol. The van der Waals surface area contributed by atoms with Crippen LogP contribution in [0, 0.1) is 0 Å². The van der Waals surface area contributed by atoms with Gasteiger partial charge in [0.15, 0.2) is 0 Å². The van der Waals surface area contributed by atoms with Crippen molar-refractivity contribution in [2.45, 2.75) is 19.4 Å². The first-order valence-corrected chi connectivity index (χ1v) is 8.25. The lowest BCUT2D eigenvalue weighted by Gasteiger charge is -2.37. The van der Waals surface area contributed by atoms with Crippen LogP contribution in [0.4, 0.5) is 4.79 Å². The van der Waals surface area contributed by atoms with Crippen LogP contribution in [0.2, 0.25) is 0 Å². The molecule has 0 spiro atoms. The summed E-state index contributed by atoms with van der Waals surface area (Å²) in [5, 5.41) is 9.77. The normalized spacial score (nSPS) is 18.6. The number of hydrogen-bond acceptors (Lipinski definition) is 5. The lowest BCUT2D eigenvalue weighted by atomic mass is 10.00. The largest absolute Gasteiger partial charge is 0.493 e. The standard InChI is InChI=1S/C17H22N2O5/c1-2-23-17(22)19-9-7-18(8-10-19)14(16(20)21)13-5-3-4-12-6-11-24-15(12)13/h3-5,14H,2,6-11H2,1H3,(H,20,21). The Bertz CT molecular complexity index is 625. The number of carbonyl (C=O) groups is 2. The van der Waals surface area contributed by atoms with Gasteiger partial charge in [-0.15, -0.1) is 0 Å². The molecule has 0 aliphatic carbocycles. The van der Waals surface area contributed by atoms with Crippen LogP contribution in [0.15, 0.2) is 18.2 Å². The summed E-state index contributed by atoms with van der Waals surface area (Å²) < 4.78 is 10.7. The van der Waals surface area contributed by atoms with E-state index in [0.717, 1.165) is 12.0 Å². The predicted octanol–water partition coefficient (Wildman–Crippen LogP) is 1.52. The number of carboxylic acids is 1. The van der Waals surface area contributed by atoms with Crippen molar-refractivity contribution in [1.29, 1.82) is 0 Å². The highest BCUT2D eigenvalue weighted by Crippen LogP contribution is 2.36. The van der Waals surface area contributed by atoms with Crippen molar-refractivity contribution in [1.82, 2.24) is 9.80 Å². The number of para-hydroxylation sites is 1. The third-order valence-electron chi connectivity index (χ3n) is 4.48.